The molecule has 0 aromatic carbocycles. The van der Waals surface area contributed by atoms with E-state index >= 15 is 0 Å². The quantitative estimate of drug-likeness (QED) is 0.859. The Labute approximate surface area is 124 Å². The van der Waals surface area contributed by atoms with Crippen LogP contribution in [0.4, 0.5) is 0 Å². The van der Waals surface area contributed by atoms with Gasteiger partial charge in [-0.1, -0.05) is 48.0 Å². The molecule has 3 atom stereocenters. The standard InChI is InChI=1S/C17H33NO2/c1-7-17(6)9-8-13(15(2,3)16(17,4)5)20-14-12-18-10-11-19-14/h13-14,18H,7-12H2,1-6H3. The molecule has 20 heavy (non-hydrogen) atoms. The van der Waals surface area contributed by atoms with E-state index in [1.807, 2.05) is 0 Å². The number of nitrogens with one attached hydrogen (secondary N) is 1. The Bertz CT molecular complexity index is 334. The van der Waals surface area contributed by atoms with E-state index in [1.165, 1.54) is 12.8 Å². The summed E-state index contributed by atoms with van der Waals surface area (Å²) < 4.78 is 12.1. The normalized spacial score (nSPS) is 40.5. The average molecular weight is 283 g/mol. The van der Waals surface area contributed by atoms with E-state index in [4.69, 9.17) is 9.47 Å². The molecule has 0 aromatic rings. The second kappa shape index (κ2) is 5.58. The third-order valence-corrected chi connectivity index (χ3v) is 6.87. The summed E-state index contributed by atoms with van der Waals surface area (Å²) in [5.41, 5.74) is 0.790. The SMILES string of the molecule is CCC1(C)CCC(OC2CNCCO2)C(C)(C)C1(C)C. The minimum Gasteiger partial charge on any atom is -0.350 e. The van der Waals surface area contributed by atoms with Crippen LogP contribution in [0.2, 0.25) is 0 Å². The predicted octanol–water partition coefficient (Wildman–Crippen LogP) is 3.58. The number of rotatable bonds is 3. The molecule has 3 nitrogen and oxygen atoms in total. The maximum atomic E-state index is 6.34. The number of ether oxygens (including phenoxy) is 2. The van der Waals surface area contributed by atoms with Gasteiger partial charge in [-0.2, -0.15) is 0 Å². The summed E-state index contributed by atoms with van der Waals surface area (Å²) in [6, 6.07) is 0. The van der Waals surface area contributed by atoms with Gasteiger partial charge in [0.25, 0.3) is 0 Å². The van der Waals surface area contributed by atoms with Crippen LogP contribution in [0.3, 0.4) is 0 Å². The van der Waals surface area contributed by atoms with Crippen LogP contribution in [-0.4, -0.2) is 32.1 Å². The Hall–Kier alpha value is -0.120. The van der Waals surface area contributed by atoms with Crippen LogP contribution in [0.1, 0.15) is 60.8 Å². The number of hydrogen-bond acceptors (Lipinski definition) is 3. The first kappa shape index (κ1) is 16.3. The van der Waals surface area contributed by atoms with Gasteiger partial charge in [-0.3, -0.25) is 0 Å². The summed E-state index contributed by atoms with van der Waals surface area (Å²) in [5.74, 6) is 0. The molecular weight excluding hydrogens is 250 g/mol. The number of hydrogen-bond donors (Lipinski definition) is 1. The van der Waals surface area contributed by atoms with Gasteiger partial charge in [0, 0.05) is 13.1 Å². The molecule has 0 bridgehead atoms. The maximum absolute atomic E-state index is 6.34. The van der Waals surface area contributed by atoms with Crippen molar-refractivity contribution in [2.45, 2.75) is 73.2 Å². The Balaban J connectivity index is 2.12. The molecule has 0 radical (unpaired) electrons. The smallest absolute Gasteiger partial charge is 0.170 e. The molecule has 1 aliphatic heterocycles. The molecule has 0 aromatic heterocycles. The Morgan fingerprint density at radius 2 is 1.90 bits per heavy atom. The van der Waals surface area contributed by atoms with Gasteiger partial charge in [0.2, 0.25) is 0 Å². The van der Waals surface area contributed by atoms with Gasteiger partial charge in [0.1, 0.15) is 0 Å². The fraction of sp³-hybridized carbons (Fsp3) is 1.00. The van der Waals surface area contributed by atoms with Crippen LogP contribution >= 0.6 is 0 Å². The van der Waals surface area contributed by atoms with E-state index in [1.54, 1.807) is 0 Å². The Morgan fingerprint density at radius 1 is 1.20 bits per heavy atom. The number of morpholine rings is 1. The van der Waals surface area contributed by atoms with Gasteiger partial charge in [0.05, 0.1) is 12.7 Å². The molecule has 1 saturated carbocycles. The zero-order valence-corrected chi connectivity index (χ0v) is 14.2. The van der Waals surface area contributed by atoms with Crippen molar-refractivity contribution in [3.63, 3.8) is 0 Å². The van der Waals surface area contributed by atoms with E-state index in [2.05, 4.69) is 46.9 Å². The van der Waals surface area contributed by atoms with Gasteiger partial charge in [-0.05, 0) is 29.1 Å². The highest BCUT2D eigenvalue weighted by Crippen LogP contribution is 2.61. The predicted molar refractivity (Wildman–Crippen MR) is 82.7 cm³/mol. The minimum atomic E-state index is -0.0743. The van der Waals surface area contributed by atoms with Gasteiger partial charge in [0.15, 0.2) is 6.29 Å². The molecule has 1 heterocycles. The zero-order valence-electron chi connectivity index (χ0n) is 14.2. The third kappa shape index (κ3) is 2.53. The first-order chi connectivity index (χ1) is 9.24. The summed E-state index contributed by atoms with van der Waals surface area (Å²) in [5, 5.41) is 3.35. The van der Waals surface area contributed by atoms with Crippen molar-refractivity contribution < 1.29 is 9.47 Å². The Morgan fingerprint density at radius 3 is 2.45 bits per heavy atom. The molecule has 1 saturated heterocycles. The Kier molecular flexibility index (Phi) is 4.54. The topological polar surface area (TPSA) is 30.5 Å². The molecule has 3 unspecified atom stereocenters. The lowest BCUT2D eigenvalue weighted by Gasteiger charge is -2.60. The maximum Gasteiger partial charge on any atom is 0.170 e. The lowest BCUT2D eigenvalue weighted by atomic mass is 9.46. The van der Waals surface area contributed by atoms with Gasteiger partial charge >= 0.3 is 0 Å². The fourth-order valence-electron chi connectivity index (χ4n) is 3.97. The van der Waals surface area contributed by atoms with Crippen LogP contribution in [0.25, 0.3) is 0 Å². The average Bonchev–Trinajstić information content (AvgIpc) is 2.42. The molecule has 0 amide bonds. The summed E-state index contributed by atoms with van der Waals surface area (Å²) in [4.78, 5) is 0. The monoisotopic (exact) mass is 283 g/mol. The highest BCUT2D eigenvalue weighted by atomic mass is 16.7. The first-order valence-corrected chi connectivity index (χ1v) is 8.22. The molecule has 3 heteroatoms. The van der Waals surface area contributed by atoms with Crippen LogP contribution in [-0.2, 0) is 9.47 Å². The molecular formula is C17H33NO2. The second-order valence-electron chi connectivity index (χ2n) is 7.93. The van der Waals surface area contributed by atoms with Crippen molar-refractivity contribution in [2.24, 2.45) is 16.2 Å². The molecule has 1 aliphatic carbocycles. The van der Waals surface area contributed by atoms with Crippen LogP contribution in [0.5, 0.6) is 0 Å². The molecule has 1 N–H and O–H groups in total. The van der Waals surface area contributed by atoms with Gasteiger partial charge < -0.3 is 14.8 Å². The van der Waals surface area contributed by atoms with Crippen molar-refractivity contribution in [3.05, 3.63) is 0 Å². The van der Waals surface area contributed by atoms with E-state index in [0.717, 1.165) is 26.1 Å². The van der Waals surface area contributed by atoms with Crippen LogP contribution < -0.4 is 5.32 Å². The summed E-state index contributed by atoms with van der Waals surface area (Å²) in [6.07, 6.45) is 3.82. The second-order valence-corrected chi connectivity index (χ2v) is 7.93. The summed E-state index contributed by atoms with van der Waals surface area (Å²) >= 11 is 0. The van der Waals surface area contributed by atoms with Crippen molar-refractivity contribution in [1.29, 1.82) is 0 Å². The van der Waals surface area contributed by atoms with E-state index in [0.29, 0.717) is 5.41 Å². The molecule has 118 valence electrons. The lowest BCUT2D eigenvalue weighted by molar-refractivity contribution is -0.245. The fourth-order valence-corrected chi connectivity index (χ4v) is 3.97. The highest BCUT2D eigenvalue weighted by Gasteiger charge is 2.56. The van der Waals surface area contributed by atoms with Crippen molar-refractivity contribution in [1.82, 2.24) is 5.32 Å². The molecule has 0 spiro atoms. The van der Waals surface area contributed by atoms with E-state index in [9.17, 15) is 0 Å². The third-order valence-electron chi connectivity index (χ3n) is 6.87. The summed E-state index contributed by atoms with van der Waals surface area (Å²) in [7, 11) is 0. The van der Waals surface area contributed by atoms with E-state index in [-0.39, 0.29) is 23.2 Å². The van der Waals surface area contributed by atoms with Crippen molar-refractivity contribution in [2.75, 3.05) is 19.7 Å². The van der Waals surface area contributed by atoms with Gasteiger partial charge in [-0.25, -0.2) is 0 Å². The lowest BCUT2D eigenvalue weighted by Crippen LogP contribution is -2.57. The molecule has 2 rings (SSSR count). The van der Waals surface area contributed by atoms with Crippen LogP contribution in [0, 0.1) is 16.2 Å². The zero-order chi connectivity index (χ0) is 15.0. The molecule has 2 aliphatic rings. The summed E-state index contributed by atoms with van der Waals surface area (Å²) in [6.45, 7) is 16.9. The van der Waals surface area contributed by atoms with Gasteiger partial charge in [-0.15, -0.1) is 0 Å². The molecule has 2 fully saturated rings. The largest absolute Gasteiger partial charge is 0.350 e. The van der Waals surface area contributed by atoms with Crippen molar-refractivity contribution >= 4 is 0 Å². The first-order valence-electron chi connectivity index (χ1n) is 8.22. The van der Waals surface area contributed by atoms with E-state index < -0.39 is 0 Å². The highest BCUT2D eigenvalue weighted by molar-refractivity contribution is 5.05. The van der Waals surface area contributed by atoms with Crippen LogP contribution in [0.15, 0.2) is 0 Å². The minimum absolute atomic E-state index is 0.0743. The van der Waals surface area contributed by atoms with Crippen molar-refractivity contribution in [3.8, 4) is 0 Å².